The summed E-state index contributed by atoms with van der Waals surface area (Å²) in [5.74, 6) is 0.469. The lowest BCUT2D eigenvalue weighted by Gasteiger charge is -2.22. The lowest BCUT2D eigenvalue weighted by molar-refractivity contribution is -0.385. The Labute approximate surface area is 168 Å². The number of hydrogen-bond acceptors (Lipinski definition) is 7. The largest absolute Gasteiger partial charge is 0.494 e. The second-order valence-corrected chi connectivity index (χ2v) is 6.50. The maximum absolute atomic E-state index is 12.2. The van der Waals surface area contributed by atoms with Gasteiger partial charge in [0.25, 0.3) is 5.69 Å². The van der Waals surface area contributed by atoms with Gasteiger partial charge in [0, 0.05) is 6.42 Å². The Bertz CT molecular complexity index is 845. The molecule has 154 valence electrons. The predicted octanol–water partition coefficient (Wildman–Crippen LogP) is 4.26. The second-order valence-electron chi connectivity index (χ2n) is 6.50. The second kappa shape index (κ2) is 9.88. The molecule has 1 aliphatic heterocycles. The Morgan fingerprint density at radius 3 is 2.55 bits per heavy atom. The minimum absolute atomic E-state index is 0.0163. The number of nitro benzene ring substituents is 1. The highest BCUT2D eigenvalue weighted by Crippen LogP contribution is 2.26. The van der Waals surface area contributed by atoms with Crippen molar-refractivity contribution in [2.24, 2.45) is 0 Å². The van der Waals surface area contributed by atoms with Crippen molar-refractivity contribution >= 4 is 11.7 Å². The van der Waals surface area contributed by atoms with Crippen LogP contribution in [0, 0.1) is 10.1 Å². The highest BCUT2D eigenvalue weighted by atomic mass is 16.7. The molecule has 2 aromatic rings. The van der Waals surface area contributed by atoms with Gasteiger partial charge in [0.2, 0.25) is 6.29 Å². The molecule has 8 nitrogen and oxygen atoms in total. The van der Waals surface area contributed by atoms with E-state index in [1.165, 1.54) is 6.07 Å². The van der Waals surface area contributed by atoms with Gasteiger partial charge < -0.3 is 18.9 Å². The van der Waals surface area contributed by atoms with Crippen LogP contribution in [0.15, 0.2) is 42.5 Å². The number of esters is 1. The van der Waals surface area contributed by atoms with E-state index in [1.807, 2.05) is 6.92 Å². The summed E-state index contributed by atoms with van der Waals surface area (Å²) in [7, 11) is 0. The quantitative estimate of drug-likeness (QED) is 0.370. The first-order valence-corrected chi connectivity index (χ1v) is 9.52. The van der Waals surface area contributed by atoms with Gasteiger partial charge >= 0.3 is 5.97 Å². The third kappa shape index (κ3) is 5.68. The molecule has 0 radical (unpaired) electrons. The van der Waals surface area contributed by atoms with Crippen molar-refractivity contribution in [3.05, 3.63) is 63.7 Å². The van der Waals surface area contributed by atoms with E-state index >= 15 is 0 Å². The molecule has 0 amide bonds. The highest BCUT2D eigenvalue weighted by molar-refractivity contribution is 5.89. The molecule has 0 unspecified atom stereocenters. The molecule has 29 heavy (non-hydrogen) atoms. The molecule has 0 spiro atoms. The van der Waals surface area contributed by atoms with E-state index in [-0.39, 0.29) is 12.3 Å². The van der Waals surface area contributed by atoms with Crippen LogP contribution in [0.5, 0.6) is 11.5 Å². The van der Waals surface area contributed by atoms with Gasteiger partial charge in [-0.2, -0.15) is 0 Å². The Morgan fingerprint density at radius 2 is 1.90 bits per heavy atom. The molecule has 2 aromatic carbocycles. The van der Waals surface area contributed by atoms with Gasteiger partial charge in [0.15, 0.2) is 0 Å². The Morgan fingerprint density at radius 1 is 1.14 bits per heavy atom. The zero-order chi connectivity index (χ0) is 20.6. The molecule has 0 bridgehead atoms. The fourth-order valence-electron chi connectivity index (χ4n) is 2.93. The van der Waals surface area contributed by atoms with Crippen LogP contribution in [0.1, 0.15) is 42.1 Å². The van der Waals surface area contributed by atoms with Crippen LogP contribution in [0.2, 0.25) is 0 Å². The van der Waals surface area contributed by atoms with Gasteiger partial charge in [0.1, 0.15) is 18.1 Å². The van der Waals surface area contributed by atoms with Crippen LogP contribution >= 0.6 is 0 Å². The predicted molar refractivity (Wildman–Crippen MR) is 104 cm³/mol. The van der Waals surface area contributed by atoms with Gasteiger partial charge in [-0.15, -0.1) is 0 Å². The van der Waals surface area contributed by atoms with E-state index in [0.717, 1.165) is 12.8 Å². The average Bonchev–Trinajstić information content (AvgIpc) is 2.74. The van der Waals surface area contributed by atoms with E-state index in [1.54, 1.807) is 36.4 Å². The first-order valence-electron chi connectivity index (χ1n) is 9.52. The summed E-state index contributed by atoms with van der Waals surface area (Å²) < 4.78 is 21.7. The van der Waals surface area contributed by atoms with E-state index in [0.29, 0.717) is 42.3 Å². The molecule has 0 aliphatic carbocycles. The third-order valence-electron chi connectivity index (χ3n) is 4.43. The molecular weight excluding hydrogens is 378 g/mol. The van der Waals surface area contributed by atoms with Gasteiger partial charge in [-0.05, 0) is 56.2 Å². The monoisotopic (exact) mass is 401 g/mol. The maximum Gasteiger partial charge on any atom is 0.340 e. The molecule has 0 saturated carbocycles. The molecule has 1 atom stereocenters. The summed E-state index contributed by atoms with van der Waals surface area (Å²) >= 11 is 0. The lowest BCUT2D eigenvalue weighted by Crippen LogP contribution is -2.25. The zero-order valence-electron chi connectivity index (χ0n) is 16.2. The number of carbonyl (C=O) groups is 1. The summed E-state index contributed by atoms with van der Waals surface area (Å²) in [6, 6.07) is 11.1. The molecule has 8 heteroatoms. The highest BCUT2D eigenvalue weighted by Gasteiger charge is 2.19. The minimum Gasteiger partial charge on any atom is -0.494 e. The van der Waals surface area contributed by atoms with Crippen LogP contribution in [-0.2, 0) is 16.1 Å². The van der Waals surface area contributed by atoms with E-state index < -0.39 is 17.2 Å². The molecule has 3 rings (SSSR count). The number of rotatable bonds is 8. The fourth-order valence-corrected chi connectivity index (χ4v) is 2.93. The first kappa shape index (κ1) is 20.6. The van der Waals surface area contributed by atoms with Crippen molar-refractivity contribution in [1.82, 2.24) is 0 Å². The fraction of sp³-hybridized carbons (Fsp3) is 0.381. The molecule has 1 fully saturated rings. The van der Waals surface area contributed by atoms with E-state index in [2.05, 4.69) is 0 Å². The number of nitro groups is 1. The van der Waals surface area contributed by atoms with Crippen molar-refractivity contribution in [3.8, 4) is 11.5 Å². The number of hydrogen-bond donors (Lipinski definition) is 0. The number of carbonyl (C=O) groups excluding carboxylic acids is 1. The molecule has 1 aliphatic rings. The number of benzene rings is 2. The van der Waals surface area contributed by atoms with E-state index in [9.17, 15) is 14.9 Å². The molecule has 0 aromatic heterocycles. The standard InChI is InChI=1S/C21H23NO7/c1-2-26-18-11-8-16(19(13-18)22(24)25)14-28-17-9-6-15(7-10-17)21(23)29-20-5-3-4-12-27-20/h6-11,13,20H,2-5,12,14H2,1H3/t20-/m0/s1. The van der Waals surface area contributed by atoms with Crippen molar-refractivity contribution in [2.75, 3.05) is 13.2 Å². The van der Waals surface area contributed by atoms with Crippen LogP contribution < -0.4 is 9.47 Å². The summed E-state index contributed by atoms with van der Waals surface area (Å²) in [6.07, 6.45) is 2.16. The van der Waals surface area contributed by atoms with Crippen LogP contribution in [0.3, 0.4) is 0 Å². The molecule has 0 N–H and O–H groups in total. The Hall–Kier alpha value is -3.13. The van der Waals surface area contributed by atoms with Crippen molar-refractivity contribution in [2.45, 2.75) is 39.1 Å². The van der Waals surface area contributed by atoms with Crippen LogP contribution in [-0.4, -0.2) is 30.4 Å². The number of ether oxygens (including phenoxy) is 4. The third-order valence-corrected chi connectivity index (χ3v) is 4.43. The topological polar surface area (TPSA) is 97.1 Å². The number of nitrogens with zero attached hydrogens (tertiary/aromatic N) is 1. The molecular formula is C21H23NO7. The van der Waals surface area contributed by atoms with Gasteiger partial charge in [0.05, 0.1) is 35.3 Å². The summed E-state index contributed by atoms with van der Waals surface area (Å²) in [6.45, 7) is 2.85. The van der Waals surface area contributed by atoms with Gasteiger partial charge in [-0.3, -0.25) is 10.1 Å². The molecule has 1 heterocycles. The van der Waals surface area contributed by atoms with E-state index in [4.69, 9.17) is 18.9 Å². The van der Waals surface area contributed by atoms with Gasteiger partial charge in [-0.1, -0.05) is 0 Å². The Kier molecular flexibility index (Phi) is 7.02. The normalized spacial score (nSPS) is 16.1. The van der Waals surface area contributed by atoms with Gasteiger partial charge in [-0.25, -0.2) is 4.79 Å². The summed E-state index contributed by atoms with van der Waals surface area (Å²) in [5, 5.41) is 11.3. The first-order chi connectivity index (χ1) is 14.1. The zero-order valence-corrected chi connectivity index (χ0v) is 16.2. The van der Waals surface area contributed by atoms with Crippen molar-refractivity contribution in [1.29, 1.82) is 0 Å². The van der Waals surface area contributed by atoms with Crippen molar-refractivity contribution < 1.29 is 28.7 Å². The van der Waals surface area contributed by atoms with Crippen molar-refractivity contribution in [3.63, 3.8) is 0 Å². The van der Waals surface area contributed by atoms with Crippen LogP contribution in [0.4, 0.5) is 5.69 Å². The Balaban J connectivity index is 1.60. The summed E-state index contributed by atoms with van der Waals surface area (Å²) in [5.41, 5.74) is 0.749. The smallest absolute Gasteiger partial charge is 0.340 e. The summed E-state index contributed by atoms with van der Waals surface area (Å²) in [4.78, 5) is 23.0. The average molecular weight is 401 g/mol. The SMILES string of the molecule is CCOc1ccc(COc2ccc(C(=O)O[C@H]3CCCCO3)cc2)c([N+](=O)[O-])c1. The maximum atomic E-state index is 12.2. The minimum atomic E-state index is -0.493. The lowest BCUT2D eigenvalue weighted by atomic mass is 10.2. The molecule has 1 saturated heterocycles. The van der Waals surface area contributed by atoms with Crippen LogP contribution in [0.25, 0.3) is 0 Å².